The lowest BCUT2D eigenvalue weighted by atomic mass is 9.94. The van der Waals surface area contributed by atoms with Gasteiger partial charge in [-0.1, -0.05) is 25.8 Å². The first kappa shape index (κ1) is 17.5. The first-order valence-electron chi connectivity index (χ1n) is 7.75. The average Bonchev–Trinajstić information content (AvgIpc) is 2.45. The van der Waals surface area contributed by atoms with E-state index >= 15 is 0 Å². The van der Waals surface area contributed by atoms with Crippen LogP contribution in [-0.4, -0.2) is 42.3 Å². The molecule has 21 heavy (non-hydrogen) atoms. The van der Waals surface area contributed by atoms with Gasteiger partial charge in [-0.15, -0.1) is 0 Å². The number of rotatable bonds is 6. The van der Waals surface area contributed by atoms with E-state index in [1.807, 2.05) is 0 Å². The molecular weight excluding hydrogens is 270 g/mol. The average molecular weight is 297 g/mol. The minimum atomic E-state index is -0.421. The summed E-state index contributed by atoms with van der Waals surface area (Å²) < 4.78 is 10.4. The van der Waals surface area contributed by atoms with Crippen molar-refractivity contribution in [3.63, 3.8) is 0 Å². The van der Waals surface area contributed by atoms with Crippen molar-refractivity contribution in [2.75, 3.05) is 13.2 Å². The standard InChI is InChI=1S/C16H27NO4/c1-5-20-16(19)17(14-9-7-6-8-10-14)11-13(4)21-15(18)12(2)3/h13-14H,2,5-11H2,1,3-4H3. The molecule has 0 aromatic rings. The van der Waals surface area contributed by atoms with Crippen LogP contribution < -0.4 is 0 Å². The summed E-state index contributed by atoms with van der Waals surface area (Å²) in [6.07, 6.45) is 4.75. The molecule has 0 aromatic heterocycles. The summed E-state index contributed by atoms with van der Waals surface area (Å²) in [4.78, 5) is 25.4. The zero-order chi connectivity index (χ0) is 15.8. The van der Waals surface area contributed by atoms with Crippen molar-refractivity contribution in [2.45, 2.75) is 65.0 Å². The van der Waals surface area contributed by atoms with Gasteiger partial charge < -0.3 is 14.4 Å². The molecule has 0 spiro atoms. The van der Waals surface area contributed by atoms with Crippen LogP contribution in [0.15, 0.2) is 12.2 Å². The van der Waals surface area contributed by atoms with Gasteiger partial charge in [0.1, 0.15) is 6.10 Å². The SMILES string of the molecule is C=C(C)C(=O)OC(C)CN(C(=O)OCC)C1CCCCC1. The normalized spacial score (nSPS) is 16.9. The maximum Gasteiger partial charge on any atom is 0.410 e. The lowest BCUT2D eigenvalue weighted by Gasteiger charge is -2.34. The Kier molecular flexibility index (Phi) is 7.26. The van der Waals surface area contributed by atoms with Gasteiger partial charge in [0.15, 0.2) is 0 Å². The second-order valence-corrected chi connectivity index (χ2v) is 5.64. The van der Waals surface area contributed by atoms with E-state index in [1.165, 1.54) is 6.42 Å². The highest BCUT2D eigenvalue weighted by atomic mass is 16.6. The molecule has 1 rings (SSSR count). The molecule has 1 atom stereocenters. The van der Waals surface area contributed by atoms with Crippen molar-refractivity contribution in [2.24, 2.45) is 0 Å². The van der Waals surface area contributed by atoms with Crippen molar-refractivity contribution < 1.29 is 19.1 Å². The fraction of sp³-hybridized carbons (Fsp3) is 0.750. The summed E-state index contributed by atoms with van der Waals surface area (Å²) in [5.74, 6) is -0.421. The van der Waals surface area contributed by atoms with Crippen LogP contribution in [0.2, 0.25) is 0 Å². The summed E-state index contributed by atoms with van der Waals surface area (Å²) in [5, 5.41) is 0. The summed E-state index contributed by atoms with van der Waals surface area (Å²) in [6.45, 7) is 9.47. The molecule has 0 radical (unpaired) electrons. The second-order valence-electron chi connectivity index (χ2n) is 5.64. The van der Waals surface area contributed by atoms with Gasteiger partial charge in [-0.2, -0.15) is 0 Å². The van der Waals surface area contributed by atoms with Crippen LogP contribution >= 0.6 is 0 Å². The Bertz CT molecular complexity index is 374. The highest BCUT2D eigenvalue weighted by molar-refractivity contribution is 5.87. The maximum atomic E-state index is 12.1. The molecule has 1 aliphatic carbocycles. The number of hydrogen-bond acceptors (Lipinski definition) is 4. The zero-order valence-corrected chi connectivity index (χ0v) is 13.4. The van der Waals surface area contributed by atoms with E-state index in [4.69, 9.17) is 9.47 Å². The number of amides is 1. The lowest BCUT2D eigenvalue weighted by Crippen LogP contribution is -2.46. The monoisotopic (exact) mass is 297 g/mol. The highest BCUT2D eigenvalue weighted by Gasteiger charge is 2.28. The summed E-state index contributed by atoms with van der Waals surface area (Å²) in [6, 6.07) is 0.184. The molecule has 120 valence electrons. The third kappa shape index (κ3) is 5.78. The number of carbonyl (C=O) groups excluding carboxylic acids is 2. The molecule has 1 saturated carbocycles. The van der Waals surface area contributed by atoms with Crippen molar-refractivity contribution >= 4 is 12.1 Å². The van der Waals surface area contributed by atoms with Crippen LogP contribution in [0.3, 0.4) is 0 Å². The fourth-order valence-electron chi connectivity index (χ4n) is 2.57. The third-order valence-electron chi connectivity index (χ3n) is 3.63. The summed E-state index contributed by atoms with van der Waals surface area (Å²) >= 11 is 0. The van der Waals surface area contributed by atoms with E-state index in [0.717, 1.165) is 25.7 Å². The number of nitrogens with zero attached hydrogens (tertiary/aromatic N) is 1. The molecule has 1 amide bonds. The van der Waals surface area contributed by atoms with Gasteiger partial charge in [0.2, 0.25) is 0 Å². The molecule has 1 aliphatic rings. The Morgan fingerprint density at radius 3 is 2.43 bits per heavy atom. The number of hydrogen-bond donors (Lipinski definition) is 0. The van der Waals surface area contributed by atoms with Crippen LogP contribution in [-0.2, 0) is 14.3 Å². The van der Waals surface area contributed by atoms with Gasteiger partial charge in [0, 0.05) is 11.6 Å². The molecule has 0 N–H and O–H groups in total. The molecule has 1 unspecified atom stereocenters. The number of ether oxygens (including phenoxy) is 2. The summed E-state index contributed by atoms with van der Waals surface area (Å²) in [5.41, 5.74) is 0.363. The van der Waals surface area contributed by atoms with Crippen LogP contribution in [0.5, 0.6) is 0 Å². The molecule has 0 aromatic carbocycles. The van der Waals surface area contributed by atoms with Gasteiger partial charge in [0.05, 0.1) is 13.2 Å². The molecule has 0 heterocycles. The van der Waals surface area contributed by atoms with Gasteiger partial charge >= 0.3 is 12.1 Å². The van der Waals surface area contributed by atoms with Crippen LogP contribution in [0.1, 0.15) is 52.9 Å². The van der Waals surface area contributed by atoms with E-state index in [0.29, 0.717) is 18.7 Å². The first-order valence-corrected chi connectivity index (χ1v) is 7.75. The van der Waals surface area contributed by atoms with Crippen molar-refractivity contribution in [1.82, 2.24) is 4.90 Å². The van der Waals surface area contributed by atoms with Crippen LogP contribution in [0.4, 0.5) is 4.79 Å². The van der Waals surface area contributed by atoms with E-state index in [9.17, 15) is 9.59 Å². The topological polar surface area (TPSA) is 55.8 Å². The zero-order valence-electron chi connectivity index (χ0n) is 13.4. The van der Waals surface area contributed by atoms with Gasteiger partial charge in [-0.3, -0.25) is 0 Å². The summed E-state index contributed by atoms with van der Waals surface area (Å²) in [7, 11) is 0. The third-order valence-corrected chi connectivity index (χ3v) is 3.63. The van der Waals surface area contributed by atoms with Crippen LogP contribution in [0, 0.1) is 0 Å². The molecule has 5 heteroatoms. The lowest BCUT2D eigenvalue weighted by molar-refractivity contribution is -0.144. The Morgan fingerprint density at radius 2 is 1.90 bits per heavy atom. The minimum Gasteiger partial charge on any atom is -0.457 e. The molecule has 0 saturated heterocycles. The fourth-order valence-corrected chi connectivity index (χ4v) is 2.57. The van der Waals surface area contributed by atoms with Crippen molar-refractivity contribution in [3.05, 3.63) is 12.2 Å². The molecule has 0 aliphatic heterocycles. The maximum absolute atomic E-state index is 12.1. The predicted molar refractivity (Wildman–Crippen MR) is 81.0 cm³/mol. The second kappa shape index (κ2) is 8.70. The van der Waals surface area contributed by atoms with E-state index in [1.54, 1.807) is 25.7 Å². The minimum absolute atomic E-state index is 0.184. The van der Waals surface area contributed by atoms with Gasteiger partial charge in [-0.05, 0) is 33.6 Å². The van der Waals surface area contributed by atoms with Gasteiger partial charge in [-0.25, -0.2) is 9.59 Å². The Morgan fingerprint density at radius 1 is 1.29 bits per heavy atom. The Hall–Kier alpha value is -1.52. The predicted octanol–water partition coefficient (Wildman–Crippen LogP) is 3.29. The number of carbonyl (C=O) groups is 2. The smallest absolute Gasteiger partial charge is 0.410 e. The Balaban J connectivity index is 2.65. The van der Waals surface area contributed by atoms with E-state index < -0.39 is 5.97 Å². The molecule has 1 fully saturated rings. The Labute approximate surface area is 127 Å². The number of esters is 1. The van der Waals surface area contributed by atoms with Crippen molar-refractivity contribution in [1.29, 1.82) is 0 Å². The highest BCUT2D eigenvalue weighted by Crippen LogP contribution is 2.23. The van der Waals surface area contributed by atoms with Crippen molar-refractivity contribution in [3.8, 4) is 0 Å². The van der Waals surface area contributed by atoms with Crippen LogP contribution in [0.25, 0.3) is 0 Å². The molecular formula is C16H27NO4. The molecule has 5 nitrogen and oxygen atoms in total. The first-order chi connectivity index (χ1) is 9.95. The van der Waals surface area contributed by atoms with E-state index in [-0.39, 0.29) is 18.2 Å². The molecule has 0 bridgehead atoms. The van der Waals surface area contributed by atoms with E-state index in [2.05, 4.69) is 6.58 Å². The quantitative estimate of drug-likeness (QED) is 0.557. The largest absolute Gasteiger partial charge is 0.457 e. The van der Waals surface area contributed by atoms with Gasteiger partial charge in [0.25, 0.3) is 0 Å².